The van der Waals surface area contributed by atoms with Crippen LogP contribution in [0.1, 0.15) is 34.3 Å². The van der Waals surface area contributed by atoms with Crippen LogP contribution in [0.3, 0.4) is 0 Å². The van der Waals surface area contributed by atoms with E-state index in [4.69, 9.17) is 0 Å². The molecular weight excluding hydrogens is 396 g/mol. The van der Waals surface area contributed by atoms with Crippen LogP contribution in [0.4, 0.5) is 5.69 Å². The van der Waals surface area contributed by atoms with Crippen LogP contribution in [0.25, 0.3) is 0 Å². The van der Waals surface area contributed by atoms with Crippen LogP contribution in [-0.2, 0) is 20.8 Å². The third-order valence-corrected chi connectivity index (χ3v) is 8.34. The Labute approximate surface area is 168 Å². The molecule has 0 radical (unpaired) electrons. The van der Waals surface area contributed by atoms with Crippen molar-refractivity contribution in [3.8, 4) is 0 Å². The van der Waals surface area contributed by atoms with Gasteiger partial charge in [-0.15, -0.1) is 0 Å². The van der Waals surface area contributed by atoms with E-state index in [0.717, 1.165) is 24.0 Å². The molecule has 8 heteroatoms. The number of hydrogen-bond donors (Lipinski definition) is 2. The summed E-state index contributed by atoms with van der Waals surface area (Å²) in [6, 6.07) is 11.1. The zero-order valence-corrected chi connectivity index (χ0v) is 17.7. The molecule has 28 heavy (non-hydrogen) atoms. The molecule has 0 aliphatic heterocycles. The number of rotatable bonds is 7. The third kappa shape index (κ3) is 4.44. The summed E-state index contributed by atoms with van der Waals surface area (Å²) in [5.74, 6) is -0.303. The number of aryl methyl sites for hydroxylation is 2. The number of amides is 1. The molecule has 0 bridgehead atoms. The first-order chi connectivity index (χ1) is 13.1. The predicted octanol–water partition coefficient (Wildman–Crippen LogP) is 2.75. The average molecular weight is 421 g/mol. The minimum Gasteiger partial charge on any atom is -0.351 e. The lowest BCUT2D eigenvalue weighted by Crippen LogP contribution is -2.35. The summed E-state index contributed by atoms with van der Waals surface area (Å²) in [6.45, 7) is 4.24. The first-order valence-corrected chi connectivity index (χ1v) is 12.0. The highest BCUT2D eigenvalue weighted by atomic mass is 32.2. The highest BCUT2D eigenvalue weighted by molar-refractivity contribution is 7.92. The van der Waals surface area contributed by atoms with Crippen molar-refractivity contribution >= 4 is 32.4 Å². The summed E-state index contributed by atoms with van der Waals surface area (Å²) in [5, 5.41) is 2.80. The number of nitrogens with one attached hydrogen (secondary N) is 2. The SMILES string of the molecule is Cc1ccc(NS(=O)(=O)c2ccc(C(=O)NCC3([S@](C)=O)CC3)cc2)cc1C. The molecule has 1 aliphatic rings. The van der Waals surface area contributed by atoms with Crippen molar-refractivity contribution in [1.82, 2.24) is 5.32 Å². The minimum absolute atomic E-state index is 0.0793. The van der Waals surface area contributed by atoms with E-state index in [0.29, 0.717) is 17.8 Å². The standard InChI is InChI=1S/C20H24N2O4S2/c1-14-4-7-17(12-15(14)2)22-28(25,26)18-8-5-16(6-9-18)19(23)21-13-20(10-11-20)27(3)24/h4-9,12,22H,10-11,13H2,1-3H3,(H,21,23)/t27-/m0/s1. The van der Waals surface area contributed by atoms with Gasteiger partial charge in [-0.1, -0.05) is 6.07 Å². The Hall–Kier alpha value is -2.19. The quantitative estimate of drug-likeness (QED) is 0.720. The fraction of sp³-hybridized carbons (Fsp3) is 0.350. The van der Waals surface area contributed by atoms with E-state index in [1.165, 1.54) is 24.3 Å². The van der Waals surface area contributed by atoms with Gasteiger partial charge in [-0.2, -0.15) is 0 Å². The van der Waals surface area contributed by atoms with Crippen LogP contribution in [0.2, 0.25) is 0 Å². The van der Waals surface area contributed by atoms with Gasteiger partial charge in [0.1, 0.15) is 0 Å². The van der Waals surface area contributed by atoms with Crippen LogP contribution in [0.15, 0.2) is 47.4 Å². The fourth-order valence-corrected chi connectivity index (χ4v) is 4.86. The fourth-order valence-electron chi connectivity index (χ4n) is 2.85. The molecule has 1 aliphatic carbocycles. The molecule has 1 saturated carbocycles. The Morgan fingerprint density at radius 2 is 1.71 bits per heavy atom. The van der Waals surface area contributed by atoms with Crippen molar-refractivity contribution in [2.45, 2.75) is 36.3 Å². The molecule has 1 amide bonds. The van der Waals surface area contributed by atoms with Crippen molar-refractivity contribution in [2.75, 3.05) is 17.5 Å². The van der Waals surface area contributed by atoms with Crippen molar-refractivity contribution in [3.05, 3.63) is 59.2 Å². The normalized spacial score (nSPS) is 16.2. The van der Waals surface area contributed by atoms with Gasteiger partial charge >= 0.3 is 0 Å². The molecule has 150 valence electrons. The Bertz CT molecular complexity index is 1030. The molecular formula is C20H24N2O4S2. The number of benzene rings is 2. The lowest BCUT2D eigenvalue weighted by atomic mass is 10.1. The summed E-state index contributed by atoms with van der Waals surface area (Å²) >= 11 is 0. The highest BCUT2D eigenvalue weighted by Crippen LogP contribution is 2.40. The Balaban J connectivity index is 1.68. The van der Waals surface area contributed by atoms with Crippen molar-refractivity contribution in [1.29, 1.82) is 0 Å². The second kappa shape index (κ2) is 7.67. The lowest BCUT2D eigenvalue weighted by Gasteiger charge is -2.13. The van der Waals surface area contributed by atoms with Crippen molar-refractivity contribution < 1.29 is 17.4 Å². The van der Waals surface area contributed by atoms with Gasteiger partial charge < -0.3 is 5.32 Å². The van der Waals surface area contributed by atoms with Gasteiger partial charge in [0.25, 0.3) is 15.9 Å². The van der Waals surface area contributed by atoms with E-state index < -0.39 is 20.8 Å². The topological polar surface area (TPSA) is 92.3 Å². The molecule has 3 rings (SSSR count). The number of anilines is 1. The minimum atomic E-state index is -3.74. The maximum Gasteiger partial charge on any atom is 0.261 e. The van der Waals surface area contributed by atoms with Crippen LogP contribution in [0, 0.1) is 13.8 Å². The number of sulfonamides is 1. The van der Waals surface area contributed by atoms with Gasteiger partial charge in [0.05, 0.1) is 9.64 Å². The predicted molar refractivity (Wildman–Crippen MR) is 112 cm³/mol. The third-order valence-electron chi connectivity index (χ3n) is 5.17. The van der Waals surface area contributed by atoms with Crippen LogP contribution in [0.5, 0.6) is 0 Å². The number of carbonyl (C=O) groups is 1. The molecule has 0 heterocycles. The molecule has 0 spiro atoms. The zero-order chi connectivity index (χ0) is 20.5. The summed E-state index contributed by atoms with van der Waals surface area (Å²) in [5.41, 5.74) is 2.93. The Morgan fingerprint density at radius 3 is 2.25 bits per heavy atom. The molecule has 1 fully saturated rings. The maximum absolute atomic E-state index is 12.6. The summed E-state index contributed by atoms with van der Waals surface area (Å²) < 4.78 is 39.1. The molecule has 0 aromatic heterocycles. The average Bonchev–Trinajstić information content (AvgIpc) is 3.44. The smallest absolute Gasteiger partial charge is 0.261 e. The summed E-state index contributed by atoms with van der Waals surface area (Å²) in [7, 11) is -4.72. The second-order valence-electron chi connectivity index (χ2n) is 7.25. The van der Waals surface area contributed by atoms with Gasteiger partial charge in [0, 0.05) is 34.9 Å². The molecule has 2 N–H and O–H groups in total. The monoisotopic (exact) mass is 420 g/mol. The van der Waals surface area contributed by atoms with E-state index in [-0.39, 0.29) is 15.5 Å². The molecule has 6 nitrogen and oxygen atoms in total. The summed E-state index contributed by atoms with van der Waals surface area (Å²) in [4.78, 5) is 12.4. The van der Waals surface area contributed by atoms with E-state index >= 15 is 0 Å². The largest absolute Gasteiger partial charge is 0.351 e. The molecule has 0 unspecified atom stereocenters. The maximum atomic E-state index is 12.6. The van der Waals surface area contributed by atoms with E-state index in [9.17, 15) is 17.4 Å². The number of carbonyl (C=O) groups excluding carboxylic acids is 1. The van der Waals surface area contributed by atoms with Gasteiger partial charge in [-0.05, 0) is 74.2 Å². The van der Waals surface area contributed by atoms with E-state index in [1.807, 2.05) is 19.9 Å². The molecule has 2 aromatic rings. The van der Waals surface area contributed by atoms with Gasteiger partial charge in [-0.3, -0.25) is 13.7 Å². The highest BCUT2D eigenvalue weighted by Gasteiger charge is 2.46. The molecule has 1 atom stereocenters. The van der Waals surface area contributed by atoms with Gasteiger partial charge in [0.2, 0.25) is 0 Å². The van der Waals surface area contributed by atoms with Crippen molar-refractivity contribution in [2.24, 2.45) is 0 Å². The van der Waals surface area contributed by atoms with E-state index in [1.54, 1.807) is 18.4 Å². The van der Waals surface area contributed by atoms with Crippen LogP contribution >= 0.6 is 0 Å². The molecule has 2 aromatic carbocycles. The van der Waals surface area contributed by atoms with Crippen LogP contribution < -0.4 is 10.0 Å². The first-order valence-electron chi connectivity index (χ1n) is 8.95. The van der Waals surface area contributed by atoms with Crippen LogP contribution in [-0.4, -0.2) is 36.1 Å². The van der Waals surface area contributed by atoms with Gasteiger partial charge in [0.15, 0.2) is 0 Å². The first kappa shape index (κ1) is 20.5. The number of hydrogen-bond acceptors (Lipinski definition) is 4. The lowest BCUT2D eigenvalue weighted by molar-refractivity contribution is 0.0953. The molecule has 0 saturated heterocycles. The zero-order valence-electron chi connectivity index (χ0n) is 16.1. The second-order valence-corrected chi connectivity index (χ2v) is 10.7. The Morgan fingerprint density at radius 1 is 1.07 bits per heavy atom. The van der Waals surface area contributed by atoms with Gasteiger partial charge in [-0.25, -0.2) is 8.42 Å². The Kier molecular flexibility index (Phi) is 5.63. The summed E-state index contributed by atoms with van der Waals surface area (Å²) in [6.07, 6.45) is 3.34. The van der Waals surface area contributed by atoms with E-state index in [2.05, 4.69) is 10.0 Å². The van der Waals surface area contributed by atoms with Crippen molar-refractivity contribution in [3.63, 3.8) is 0 Å².